The molecule has 152 valence electrons. The highest BCUT2D eigenvalue weighted by Crippen LogP contribution is 2.39. The van der Waals surface area contributed by atoms with Gasteiger partial charge in [-0.05, 0) is 6.07 Å². The lowest BCUT2D eigenvalue weighted by atomic mass is 10.2. The van der Waals surface area contributed by atoms with E-state index in [1.54, 1.807) is 0 Å². The molecule has 2 aromatic carbocycles. The fourth-order valence-electron chi connectivity index (χ4n) is 1.75. The predicted octanol–water partition coefficient (Wildman–Crippen LogP) is 2.33. The van der Waals surface area contributed by atoms with Gasteiger partial charge in [0.05, 0.1) is 42.8 Å². The summed E-state index contributed by atoms with van der Waals surface area (Å²) < 4.78 is 0. The van der Waals surface area contributed by atoms with E-state index in [0.717, 1.165) is 12.1 Å². The van der Waals surface area contributed by atoms with E-state index < -0.39 is 64.6 Å². The van der Waals surface area contributed by atoms with Gasteiger partial charge in [0.25, 0.3) is 17.1 Å². The van der Waals surface area contributed by atoms with E-state index in [9.17, 15) is 50.6 Å². The average molecular weight is 413 g/mol. The molecule has 17 heteroatoms. The zero-order chi connectivity index (χ0) is 22.5. The van der Waals surface area contributed by atoms with Crippen LogP contribution >= 0.6 is 0 Å². The van der Waals surface area contributed by atoms with Gasteiger partial charge >= 0.3 is 17.1 Å². The molecule has 0 atom stereocenters. The minimum absolute atomic E-state index is 0.426. The second kappa shape index (κ2) is 8.62. The van der Waals surface area contributed by atoms with Crippen molar-refractivity contribution in [3.63, 3.8) is 0 Å². The normalized spacial score (nSPS) is 9.66. The monoisotopic (exact) mass is 413 g/mol. The van der Waals surface area contributed by atoms with Crippen LogP contribution in [0.3, 0.4) is 0 Å². The Bertz CT molecular complexity index is 1000. The van der Waals surface area contributed by atoms with Crippen LogP contribution in [-0.4, -0.2) is 34.8 Å². The highest BCUT2D eigenvalue weighted by Gasteiger charge is 2.30. The molecule has 0 aliphatic heterocycles. The standard InChI is InChI=1S/C6H3N3O7.C6H4N2O5/c10-6-4(8(13)14)1-3(7(11)12)2-5(6)9(15)16;9-6-2-1-4(7(10)11)3-5(6)8(12)13/h1-2,10H;1-3,9H. The third-order valence-electron chi connectivity index (χ3n) is 3.03. The van der Waals surface area contributed by atoms with Gasteiger partial charge in [0, 0.05) is 6.07 Å². The number of rotatable bonds is 5. The fraction of sp³-hybridized carbons (Fsp3) is 0. The van der Waals surface area contributed by atoms with Crippen LogP contribution in [0.25, 0.3) is 0 Å². The van der Waals surface area contributed by atoms with Crippen LogP contribution in [0.2, 0.25) is 0 Å². The molecule has 0 heterocycles. The Morgan fingerprint density at radius 2 is 0.931 bits per heavy atom. The third kappa shape index (κ3) is 5.26. The van der Waals surface area contributed by atoms with Crippen LogP contribution in [0.1, 0.15) is 0 Å². The minimum Gasteiger partial charge on any atom is -0.502 e. The second-order valence-electron chi connectivity index (χ2n) is 4.79. The van der Waals surface area contributed by atoms with E-state index in [4.69, 9.17) is 10.2 Å². The minimum atomic E-state index is -1.21. The van der Waals surface area contributed by atoms with Crippen molar-refractivity contribution in [2.75, 3.05) is 0 Å². The van der Waals surface area contributed by atoms with E-state index >= 15 is 0 Å². The van der Waals surface area contributed by atoms with Crippen molar-refractivity contribution in [3.8, 4) is 11.5 Å². The number of phenols is 2. The smallest absolute Gasteiger partial charge is 0.324 e. The molecule has 0 radical (unpaired) electrons. The van der Waals surface area contributed by atoms with E-state index in [1.807, 2.05) is 0 Å². The number of nitro benzene ring substituents is 5. The van der Waals surface area contributed by atoms with Gasteiger partial charge in [-0.3, -0.25) is 50.6 Å². The number of nitrogens with zero attached hydrogens (tertiary/aromatic N) is 5. The molecule has 2 aromatic rings. The molecule has 0 bridgehead atoms. The molecule has 0 aromatic heterocycles. The summed E-state index contributed by atoms with van der Waals surface area (Å²) in [6.45, 7) is 0. The Kier molecular flexibility index (Phi) is 6.56. The topological polar surface area (TPSA) is 256 Å². The van der Waals surface area contributed by atoms with Crippen LogP contribution in [-0.2, 0) is 0 Å². The fourth-order valence-corrected chi connectivity index (χ4v) is 1.75. The first-order valence-electron chi connectivity index (χ1n) is 6.78. The predicted molar refractivity (Wildman–Crippen MR) is 89.5 cm³/mol. The summed E-state index contributed by atoms with van der Waals surface area (Å²) in [6, 6.07) is 3.50. The summed E-state index contributed by atoms with van der Waals surface area (Å²) in [7, 11) is 0. The average Bonchev–Trinajstić information content (AvgIpc) is 2.61. The Labute approximate surface area is 156 Å². The molecular weight excluding hydrogens is 406 g/mol. The van der Waals surface area contributed by atoms with Crippen molar-refractivity contribution in [1.82, 2.24) is 0 Å². The lowest BCUT2D eigenvalue weighted by Crippen LogP contribution is -1.97. The Morgan fingerprint density at radius 3 is 1.28 bits per heavy atom. The van der Waals surface area contributed by atoms with Crippen LogP contribution in [0.15, 0.2) is 30.3 Å². The molecular formula is C12H7N5O12. The first-order valence-corrected chi connectivity index (χ1v) is 6.78. The first-order chi connectivity index (χ1) is 13.4. The molecule has 0 unspecified atom stereocenters. The maximum Gasteiger partial charge on any atom is 0.324 e. The number of aromatic hydroxyl groups is 2. The second-order valence-corrected chi connectivity index (χ2v) is 4.79. The van der Waals surface area contributed by atoms with Gasteiger partial charge < -0.3 is 10.2 Å². The van der Waals surface area contributed by atoms with Crippen molar-refractivity contribution in [1.29, 1.82) is 0 Å². The summed E-state index contributed by atoms with van der Waals surface area (Å²) in [5.41, 5.74) is -4.10. The van der Waals surface area contributed by atoms with Crippen LogP contribution in [0, 0.1) is 50.6 Å². The van der Waals surface area contributed by atoms with E-state index in [1.165, 1.54) is 0 Å². The third-order valence-corrected chi connectivity index (χ3v) is 3.03. The van der Waals surface area contributed by atoms with Crippen molar-refractivity contribution in [2.45, 2.75) is 0 Å². The van der Waals surface area contributed by atoms with Gasteiger partial charge in [0.15, 0.2) is 5.75 Å². The number of phenolic OH excluding ortho intramolecular Hbond substituents is 2. The van der Waals surface area contributed by atoms with Gasteiger partial charge in [-0.1, -0.05) is 0 Å². The number of nitro groups is 5. The van der Waals surface area contributed by atoms with Gasteiger partial charge in [0.1, 0.15) is 0 Å². The number of hydrogen-bond donors (Lipinski definition) is 2. The van der Waals surface area contributed by atoms with Gasteiger partial charge in [-0.15, -0.1) is 0 Å². The largest absolute Gasteiger partial charge is 0.502 e. The Morgan fingerprint density at radius 1 is 0.552 bits per heavy atom. The van der Waals surface area contributed by atoms with E-state index in [-0.39, 0.29) is 0 Å². The quantitative estimate of drug-likeness (QED) is 0.528. The SMILES string of the molecule is O=[N+]([O-])c1cc([N+](=O)[O-])c(O)c([N+](=O)[O-])c1.O=[N+]([O-])c1ccc(O)c([N+](=O)[O-])c1. The van der Waals surface area contributed by atoms with Crippen LogP contribution in [0.4, 0.5) is 28.4 Å². The van der Waals surface area contributed by atoms with Gasteiger partial charge in [-0.2, -0.15) is 0 Å². The molecule has 2 N–H and O–H groups in total. The molecule has 0 fully saturated rings. The van der Waals surface area contributed by atoms with Crippen LogP contribution < -0.4 is 0 Å². The molecule has 0 aliphatic rings. The first kappa shape index (κ1) is 22.1. The van der Waals surface area contributed by atoms with Crippen molar-refractivity contribution in [3.05, 3.63) is 80.9 Å². The number of hydrogen-bond acceptors (Lipinski definition) is 12. The highest BCUT2D eigenvalue weighted by atomic mass is 16.6. The van der Waals surface area contributed by atoms with E-state index in [0.29, 0.717) is 18.2 Å². The molecule has 0 spiro atoms. The van der Waals surface area contributed by atoms with Gasteiger partial charge in [-0.25, -0.2) is 0 Å². The Hall–Kier alpha value is -4.96. The maximum absolute atomic E-state index is 10.4. The molecule has 0 aliphatic carbocycles. The molecule has 0 saturated carbocycles. The number of non-ortho nitro benzene ring substituents is 2. The summed E-state index contributed by atoms with van der Waals surface area (Å²) in [4.78, 5) is 46.5. The molecule has 17 nitrogen and oxygen atoms in total. The van der Waals surface area contributed by atoms with Crippen molar-refractivity contribution < 1.29 is 34.8 Å². The molecule has 2 rings (SSSR count). The molecule has 0 amide bonds. The lowest BCUT2D eigenvalue weighted by Gasteiger charge is -1.97. The van der Waals surface area contributed by atoms with Crippen LogP contribution in [0.5, 0.6) is 11.5 Å². The number of benzene rings is 2. The lowest BCUT2D eigenvalue weighted by molar-refractivity contribution is -0.404. The highest BCUT2D eigenvalue weighted by molar-refractivity contribution is 5.64. The Balaban J connectivity index is 0.000000296. The van der Waals surface area contributed by atoms with Crippen molar-refractivity contribution >= 4 is 28.4 Å². The summed E-state index contributed by atoms with van der Waals surface area (Å²) in [6.07, 6.45) is 0. The molecule has 29 heavy (non-hydrogen) atoms. The zero-order valence-electron chi connectivity index (χ0n) is 13.6. The molecule has 0 saturated heterocycles. The summed E-state index contributed by atoms with van der Waals surface area (Å²) in [5.74, 6) is -1.80. The van der Waals surface area contributed by atoms with Crippen molar-refractivity contribution in [2.24, 2.45) is 0 Å². The van der Waals surface area contributed by atoms with E-state index in [2.05, 4.69) is 0 Å². The summed E-state index contributed by atoms with van der Waals surface area (Å²) >= 11 is 0. The zero-order valence-corrected chi connectivity index (χ0v) is 13.6. The summed E-state index contributed by atoms with van der Waals surface area (Å²) in [5, 5.41) is 69.5. The van der Waals surface area contributed by atoms with Gasteiger partial charge in [0.2, 0.25) is 0 Å². The maximum atomic E-state index is 10.4.